The van der Waals surface area contributed by atoms with Crippen LogP contribution in [0, 0.1) is 6.92 Å². The molecule has 4 heteroatoms. The Hall–Kier alpha value is -1.81. The summed E-state index contributed by atoms with van der Waals surface area (Å²) < 4.78 is 1.06. The van der Waals surface area contributed by atoms with Gasteiger partial charge in [-0.3, -0.25) is 0 Å². The van der Waals surface area contributed by atoms with Gasteiger partial charge in [0.05, 0.1) is 0 Å². The number of hydrogen-bond donors (Lipinski definition) is 2. The number of benzene rings is 2. The third kappa shape index (κ3) is 5.23. The number of carbonyl (C=O) groups is 1. The highest BCUT2D eigenvalue weighted by atomic mass is 79.9. The zero-order valence-corrected chi connectivity index (χ0v) is 13.6. The van der Waals surface area contributed by atoms with Crippen molar-refractivity contribution in [2.75, 3.05) is 6.54 Å². The summed E-state index contributed by atoms with van der Waals surface area (Å²) in [6, 6.07) is 16.0. The van der Waals surface area contributed by atoms with Crippen LogP contribution in [0.15, 0.2) is 53.0 Å². The van der Waals surface area contributed by atoms with Crippen molar-refractivity contribution in [3.63, 3.8) is 0 Å². The molecule has 3 nitrogen and oxygen atoms in total. The Balaban J connectivity index is 1.72. The molecule has 2 N–H and O–H groups in total. The molecule has 0 aromatic heterocycles. The van der Waals surface area contributed by atoms with Crippen LogP contribution in [0.25, 0.3) is 0 Å². The number of aryl methyl sites for hydroxylation is 1. The van der Waals surface area contributed by atoms with E-state index in [4.69, 9.17) is 0 Å². The van der Waals surface area contributed by atoms with Crippen molar-refractivity contribution < 1.29 is 4.79 Å². The van der Waals surface area contributed by atoms with E-state index in [1.54, 1.807) is 0 Å². The molecule has 2 rings (SSSR count). The zero-order valence-electron chi connectivity index (χ0n) is 12.0. The summed E-state index contributed by atoms with van der Waals surface area (Å²) in [6.45, 7) is 3.22. The largest absolute Gasteiger partial charge is 0.338 e. The van der Waals surface area contributed by atoms with Crippen LogP contribution in [0.2, 0.25) is 0 Å². The molecule has 0 unspecified atom stereocenters. The third-order valence-corrected chi connectivity index (χ3v) is 3.78. The van der Waals surface area contributed by atoms with E-state index in [0.29, 0.717) is 13.1 Å². The maximum atomic E-state index is 11.8. The lowest BCUT2D eigenvalue weighted by Gasteiger charge is -2.09. The topological polar surface area (TPSA) is 41.1 Å². The Morgan fingerprint density at radius 1 is 1.10 bits per heavy atom. The molecular formula is C17H19BrN2O. The molecule has 21 heavy (non-hydrogen) atoms. The molecule has 2 amide bonds. The van der Waals surface area contributed by atoms with Crippen LogP contribution in [0.1, 0.15) is 16.7 Å². The first kappa shape index (κ1) is 15.6. The molecule has 0 bridgehead atoms. The van der Waals surface area contributed by atoms with E-state index in [1.165, 1.54) is 11.1 Å². The number of urea groups is 1. The van der Waals surface area contributed by atoms with E-state index in [9.17, 15) is 4.79 Å². The van der Waals surface area contributed by atoms with Gasteiger partial charge in [-0.15, -0.1) is 0 Å². The minimum Gasteiger partial charge on any atom is -0.338 e. The van der Waals surface area contributed by atoms with Gasteiger partial charge in [0.1, 0.15) is 0 Å². The van der Waals surface area contributed by atoms with E-state index < -0.39 is 0 Å². The molecule has 2 aromatic carbocycles. The summed E-state index contributed by atoms with van der Waals surface area (Å²) in [5, 5.41) is 5.75. The van der Waals surface area contributed by atoms with E-state index in [0.717, 1.165) is 16.5 Å². The Morgan fingerprint density at radius 2 is 1.90 bits per heavy atom. The highest BCUT2D eigenvalue weighted by molar-refractivity contribution is 9.10. The Labute approximate surface area is 133 Å². The van der Waals surface area contributed by atoms with E-state index >= 15 is 0 Å². The van der Waals surface area contributed by atoms with E-state index in [-0.39, 0.29) is 6.03 Å². The second-order valence-corrected chi connectivity index (χ2v) is 5.83. The molecule has 0 heterocycles. The van der Waals surface area contributed by atoms with Gasteiger partial charge >= 0.3 is 6.03 Å². The maximum absolute atomic E-state index is 11.8. The smallest absolute Gasteiger partial charge is 0.315 e. The molecular weight excluding hydrogens is 328 g/mol. The standard InChI is InChI=1S/C17H19BrN2O/c1-13-5-2-3-7-15(13)12-20-17(21)19-10-9-14-6-4-8-16(18)11-14/h2-8,11H,9-10,12H2,1H3,(H2,19,20,21). The van der Waals surface area contributed by atoms with Gasteiger partial charge in [0.15, 0.2) is 0 Å². The fourth-order valence-corrected chi connectivity index (χ4v) is 2.51. The van der Waals surface area contributed by atoms with Crippen LogP contribution in [-0.2, 0) is 13.0 Å². The predicted octanol–water partition coefficient (Wildman–Crippen LogP) is 3.80. The van der Waals surface area contributed by atoms with Gasteiger partial charge in [0, 0.05) is 17.6 Å². The molecule has 0 aliphatic heterocycles. The molecule has 0 radical (unpaired) electrons. The minimum atomic E-state index is -0.131. The maximum Gasteiger partial charge on any atom is 0.315 e. The van der Waals surface area contributed by atoms with Gasteiger partial charge in [-0.25, -0.2) is 4.79 Å². The minimum absolute atomic E-state index is 0.131. The third-order valence-electron chi connectivity index (χ3n) is 3.29. The van der Waals surface area contributed by atoms with Gasteiger partial charge in [-0.05, 0) is 42.2 Å². The van der Waals surface area contributed by atoms with Gasteiger partial charge in [-0.2, -0.15) is 0 Å². The second-order valence-electron chi connectivity index (χ2n) is 4.92. The first-order chi connectivity index (χ1) is 10.1. The molecule has 0 saturated heterocycles. The highest BCUT2D eigenvalue weighted by Gasteiger charge is 2.02. The molecule has 0 spiro atoms. The van der Waals surface area contributed by atoms with Crippen LogP contribution in [0.4, 0.5) is 4.79 Å². The number of amides is 2. The summed E-state index contributed by atoms with van der Waals surface area (Å²) in [5.74, 6) is 0. The Bertz CT molecular complexity index is 613. The first-order valence-corrected chi connectivity index (χ1v) is 7.75. The Morgan fingerprint density at radius 3 is 2.67 bits per heavy atom. The average Bonchev–Trinajstić information content (AvgIpc) is 2.46. The molecule has 0 aliphatic carbocycles. The van der Waals surface area contributed by atoms with Crippen LogP contribution >= 0.6 is 15.9 Å². The van der Waals surface area contributed by atoms with E-state index in [2.05, 4.69) is 38.7 Å². The Kier molecular flexibility index (Phi) is 5.81. The van der Waals surface area contributed by atoms with Crippen LogP contribution in [-0.4, -0.2) is 12.6 Å². The van der Waals surface area contributed by atoms with Crippen LogP contribution in [0.3, 0.4) is 0 Å². The van der Waals surface area contributed by atoms with Gasteiger partial charge in [0.25, 0.3) is 0 Å². The van der Waals surface area contributed by atoms with Crippen molar-refractivity contribution in [2.24, 2.45) is 0 Å². The monoisotopic (exact) mass is 346 g/mol. The lowest BCUT2D eigenvalue weighted by Crippen LogP contribution is -2.36. The zero-order chi connectivity index (χ0) is 15.1. The van der Waals surface area contributed by atoms with Crippen molar-refractivity contribution >= 4 is 22.0 Å². The number of carbonyl (C=O) groups excluding carboxylic acids is 1. The number of halogens is 1. The highest BCUT2D eigenvalue weighted by Crippen LogP contribution is 2.11. The average molecular weight is 347 g/mol. The summed E-state index contributed by atoms with van der Waals surface area (Å²) in [6.07, 6.45) is 0.817. The molecule has 0 atom stereocenters. The fraction of sp³-hybridized carbons (Fsp3) is 0.235. The number of rotatable bonds is 5. The quantitative estimate of drug-likeness (QED) is 0.849. The lowest BCUT2D eigenvalue weighted by atomic mass is 10.1. The number of nitrogens with one attached hydrogen (secondary N) is 2. The normalized spacial score (nSPS) is 10.2. The fourth-order valence-electron chi connectivity index (χ4n) is 2.06. The van der Waals surface area contributed by atoms with Crippen LogP contribution < -0.4 is 10.6 Å². The first-order valence-electron chi connectivity index (χ1n) is 6.96. The van der Waals surface area contributed by atoms with Crippen molar-refractivity contribution in [2.45, 2.75) is 19.9 Å². The molecule has 110 valence electrons. The lowest BCUT2D eigenvalue weighted by molar-refractivity contribution is 0.240. The van der Waals surface area contributed by atoms with Crippen molar-refractivity contribution in [1.82, 2.24) is 10.6 Å². The SMILES string of the molecule is Cc1ccccc1CNC(=O)NCCc1cccc(Br)c1. The molecule has 0 aliphatic rings. The summed E-state index contributed by atoms with van der Waals surface area (Å²) >= 11 is 3.44. The second kappa shape index (κ2) is 7.84. The molecule has 0 fully saturated rings. The predicted molar refractivity (Wildman–Crippen MR) is 89.3 cm³/mol. The molecule has 0 saturated carbocycles. The van der Waals surface area contributed by atoms with Gasteiger partial charge < -0.3 is 10.6 Å². The van der Waals surface area contributed by atoms with Crippen molar-refractivity contribution in [3.8, 4) is 0 Å². The number of hydrogen-bond acceptors (Lipinski definition) is 1. The molecule has 2 aromatic rings. The summed E-state index contributed by atoms with van der Waals surface area (Å²) in [7, 11) is 0. The van der Waals surface area contributed by atoms with Crippen LogP contribution in [0.5, 0.6) is 0 Å². The van der Waals surface area contributed by atoms with Gasteiger partial charge in [0.2, 0.25) is 0 Å². The van der Waals surface area contributed by atoms with Crippen molar-refractivity contribution in [1.29, 1.82) is 0 Å². The van der Waals surface area contributed by atoms with Gasteiger partial charge in [-0.1, -0.05) is 52.3 Å². The summed E-state index contributed by atoms with van der Waals surface area (Å²) in [4.78, 5) is 11.8. The van der Waals surface area contributed by atoms with Crippen molar-refractivity contribution in [3.05, 3.63) is 69.7 Å². The summed E-state index contributed by atoms with van der Waals surface area (Å²) in [5.41, 5.74) is 3.52. The van der Waals surface area contributed by atoms with E-state index in [1.807, 2.05) is 43.3 Å².